The highest BCUT2D eigenvalue weighted by atomic mass is 16.2. The number of likely N-dealkylation sites (tertiary alicyclic amines) is 1. The Bertz CT molecular complexity index is 713. The lowest BCUT2D eigenvalue weighted by Crippen LogP contribution is -2.45. The molecular formula is C20H23N3O. The summed E-state index contributed by atoms with van der Waals surface area (Å²) in [5.41, 5.74) is 3.37. The van der Waals surface area contributed by atoms with Crippen LogP contribution in [0.15, 0.2) is 48.8 Å². The zero-order chi connectivity index (χ0) is 16.5. The summed E-state index contributed by atoms with van der Waals surface area (Å²) in [4.78, 5) is 18.7. The van der Waals surface area contributed by atoms with Gasteiger partial charge in [-0.15, -0.1) is 0 Å². The molecule has 1 N–H and O–H groups in total. The van der Waals surface area contributed by atoms with E-state index >= 15 is 0 Å². The minimum absolute atomic E-state index is 0.0135. The zero-order valence-electron chi connectivity index (χ0n) is 14.0. The lowest BCUT2D eigenvalue weighted by Gasteiger charge is -2.28. The number of nitrogens with one attached hydrogen (secondary N) is 1. The van der Waals surface area contributed by atoms with Crippen LogP contribution < -0.4 is 5.32 Å². The van der Waals surface area contributed by atoms with Crippen molar-refractivity contribution < 1.29 is 4.79 Å². The van der Waals surface area contributed by atoms with Gasteiger partial charge in [0, 0.05) is 25.0 Å². The van der Waals surface area contributed by atoms with E-state index in [-0.39, 0.29) is 12.1 Å². The smallest absolute Gasteiger partial charge is 0.318 e. The van der Waals surface area contributed by atoms with Gasteiger partial charge in [-0.25, -0.2) is 4.79 Å². The fourth-order valence-electron chi connectivity index (χ4n) is 4.02. The molecule has 1 aliphatic heterocycles. The van der Waals surface area contributed by atoms with Crippen molar-refractivity contribution in [1.29, 1.82) is 0 Å². The van der Waals surface area contributed by atoms with Gasteiger partial charge in [0.2, 0.25) is 0 Å². The normalized spacial score (nSPS) is 23.3. The Labute approximate surface area is 142 Å². The van der Waals surface area contributed by atoms with Crippen LogP contribution in [0.5, 0.6) is 0 Å². The van der Waals surface area contributed by atoms with Crippen LogP contribution in [0.25, 0.3) is 11.1 Å². The standard InChI is InChI=1S/C20H23N3O/c1-14(22-20(24)23-13-15-4-9-19(23)11-15)16-5-7-17(8-6-16)18-3-2-10-21-12-18/h2-3,5-8,10,12,14-15,19H,4,9,11,13H2,1H3,(H,22,24)/t14-,15+,19-/m1/s1. The molecule has 2 fully saturated rings. The van der Waals surface area contributed by atoms with Gasteiger partial charge in [-0.3, -0.25) is 4.98 Å². The van der Waals surface area contributed by atoms with Crippen molar-refractivity contribution in [2.24, 2.45) is 5.92 Å². The molecule has 3 atom stereocenters. The minimum Gasteiger partial charge on any atom is -0.331 e. The summed E-state index contributed by atoms with van der Waals surface area (Å²) in [5, 5.41) is 3.16. The number of nitrogens with zero attached hydrogens (tertiary/aromatic N) is 2. The quantitative estimate of drug-likeness (QED) is 0.928. The summed E-state index contributed by atoms with van der Waals surface area (Å²) in [6.45, 7) is 2.98. The van der Waals surface area contributed by atoms with E-state index in [1.807, 2.05) is 24.1 Å². The number of benzene rings is 1. The number of fused-ring (bicyclic) bond motifs is 2. The maximum Gasteiger partial charge on any atom is 0.318 e. The van der Waals surface area contributed by atoms with Gasteiger partial charge in [-0.1, -0.05) is 30.3 Å². The molecule has 1 aromatic heterocycles. The number of hydrogen-bond acceptors (Lipinski definition) is 2. The number of carbonyl (C=O) groups excluding carboxylic acids is 1. The number of hydrogen-bond donors (Lipinski definition) is 1. The second kappa shape index (κ2) is 6.27. The first kappa shape index (κ1) is 15.2. The van der Waals surface area contributed by atoms with E-state index in [0.717, 1.165) is 29.2 Å². The molecule has 4 rings (SSSR count). The molecule has 2 bridgehead atoms. The third-order valence-electron chi connectivity index (χ3n) is 5.42. The van der Waals surface area contributed by atoms with E-state index in [2.05, 4.69) is 40.6 Å². The van der Waals surface area contributed by atoms with Gasteiger partial charge in [0.1, 0.15) is 0 Å². The first-order valence-electron chi connectivity index (χ1n) is 8.78. The van der Waals surface area contributed by atoms with Crippen molar-refractivity contribution in [1.82, 2.24) is 15.2 Å². The van der Waals surface area contributed by atoms with E-state index in [9.17, 15) is 4.79 Å². The molecule has 1 aromatic carbocycles. The molecule has 2 aliphatic rings. The average Bonchev–Trinajstić information content (AvgIpc) is 3.26. The Morgan fingerprint density at radius 1 is 1.21 bits per heavy atom. The van der Waals surface area contributed by atoms with Crippen LogP contribution in [0.2, 0.25) is 0 Å². The number of aromatic nitrogens is 1. The molecule has 1 aliphatic carbocycles. The third kappa shape index (κ3) is 2.88. The van der Waals surface area contributed by atoms with Gasteiger partial charge in [0.05, 0.1) is 6.04 Å². The molecule has 2 aromatic rings. The lowest BCUT2D eigenvalue weighted by atomic mass is 10.0. The molecule has 1 saturated heterocycles. The highest BCUT2D eigenvalue weighted by Gasteiger charge is 2.40. The lowest BCUT2D eigenvalue weighted by molar-refractivity contribution is 0.178. The van der Waals surface area contributed by atoms with Crippen LogP contribution in [-0.2, 0) is 0 Å². The number of pyridine rings is 1. The van der Waals surface area contributed by atoms with E-state index in [1.165, 1.54) is 19.3 Å². The third-order valence-corrected chi connectivity index (χ3v) is 5.42. The molecule has 0 unspecified atom stereocenters. The van der Waals surface area contributed by atoms with Gasteiger partial charge in [0.15, 0.2) is 0 Å². The highest BCUT2D eigenvalue weighted by molar-refractivity contribution is 5.75. The second-order valence-electron chi connectivity index (χ2n) is 7.02. The van der Waals surface area contributed by atoms with E-state index in [0.29, 0.717) is 6.04 Å². The van der Waals surface area contributed by atoms with Gasteiger partial charge < -0.3 is 10.2 Å². The molecule has 0 radical (unpaired) electrons. The van der Waals surface area contributed by atoms with Crippen molar-refractivity contribution in [3.63, 3.8) is 0 Å². The predicted octanol–water partition coefficient (Wildman–Crippen LogP) is 4.00. The number of urea groups is 1. The van der Waals surface area contributed by atoms with E-state index < -0.39 is 0 Å². The van der Waals surface area contributed by atoms with Crippen LogP contribution in [0.3, 0.4) is 0 Å². The molecule has 4 heteroatoms. The molecule has 24 heavy (non-hydrogen) atoms. The Morgan fingerprint density at radius 3 is 2.67 bits per heavy atom. The van der Waals surface area contributed by atoms with Gasteiger partial charge >= 0.3 is 6.03 Å². The summed E-state index contributed by atoms with van der Waals surface area (Å²) in [7, 11) is 0. The number of amides is 2. The Morgan fingerprint density at radius 2 is 2.04 bits per heavy atom. The van der Waals surface area contributed by atoms with Gasteiger partial charge in [-0.05, 0) is 54.9 Å². The highest BCUT2D eigenvalue weighted by Crippen LogP contribution is 2.37. The van der Waals surface area contributed by atoms with Crippen LogP contribution >= 0.6 is 0 Å². The first-order chi connectivity index (χ1) is 11.7. The summed E-state index contributed by atoms with van der Waals surface area (Å²) in [6.07, 6.45) is 7.30. The van der Waals surface area contributed by atoms with Crippen LogP contribution in [-0.4, -0.2) is 28.5 Å². The van der Waals surface area contributed by atoms with E-state index in [1.54, 1.807) is 6.20 Å². The van der Waals surface area contributed by atoms with Crippen molar-refractivity contribution in [2.75, 3.05) is 6.54 Å². The van der Waals surface area contributed by atoms with Gasteiger partial charge in [0.25, 0.3) is 0 Å². The molecular weight excluding hydrogens is 298 g/mol. The first-order valence-corrected chi connectivity index (χ1v) is 8.78. The molecule has 2 amide bonds. The molecule has 1 saturated carbocycles. The SMILES string of the molecule is C[C@@H](NC(=O)N1C[C@H]2CC[C@@H]1C2)c1ccc(-c2cccnc2)cc1. The second-order valence-corrected chi connectivity index (χ2v) is 7.02. The summed E-state index contributed by atoms with van der Waals surface area (Å²) >= 11 is 0. The molecule has 0 spiro atoms. The van der Waals surface area contributed by atoms with Crippen molar-refractivity contribution >= 4 is 6.03 Å². The largest absolute Gasteiger partial charge is 0.331 e. The fourth-order valence-corrected chi connectivity index (χ4v) is 4.02. The van der Waals surface area contributed by atoms with Crippen molar-refractivity contribution in [3.8, 4) is 11.1 Å². The Kier molecular flexibility index (Phi) is 3.97. The fraction of sp³-hybridized carbons (Fsp3) is 0.400. The van der Waals surface area contributed by atoms with Crippen molar-refractivity contribution in [2.45, 2.75) is 38.3 Å². The number of piperidine rings is 1. The maximum atomic E-state index is 12.5. The van der Waals surface area contributed by atoms with Crippen LogP contribution in [0.4, 0.5) is 4.79 Å². The summed E-state index contributed by atoms with van der Waals surface area (Å²) in [5.74, 6) is 0.731. The predicted molar refractivity (Wildman–Crippen MR) is 94.5 cm³/mol. The Balaban J connectivity index is 1.41. The summed E-state index contributed by atoms with van der Waals surface area (Å²) in [6, 6.07) is 12.9. The molecule has 124 valence electrons. The van der Waals surface area contributed by atoms with Crippen LogP contribution in [0, 0.1) is 5.92 Å². The molecule has 4 nitrogen and oxygen atoms in total. The minimum atomic E-state index is 0.0135. The monoisotopic (exact) mass is 321 g/mol. The number of carbonyl (C=O) groups is 1. The van der Waals surface area contributed by atoms with E-state index in [4.69, 9.17) is 0 Å². The summed E-state index contributed by atoms with van der Waals surface area (Å²) < 4.78 is 0. The Hall–Kier alpha value is -2.36. The topological polar surface area (TPSA) is 45.2 Å². The average molecular weight is 321 g/mol. The number of rotatable bonds is 3. The molecule has 2 heterocycles. The van der Waals surface area contributed by atoms with Crippen molar-refractivity contribution in [3.05, 3.63) is 54.4 Å². The zero-order valence-corrected chi connectivity index (χ0v) is 14.0. The maximum absolute atomic E-state index is 12.5. The van der Waals surface area contributed by atoms with Crippen LogP contribution in [0.1, 0.15) is 37.8 Å². The van der Waals surface area contributed by atoms with Gasteiger partial charge in [-0.2, -0.15) is 0 Å².